The molecule has 0 radical (unpaired) electrons. The Bertz CT molecular complexity index is 1690. The van der Waals surface area contributed by atoms with Gasteiger partial charge in [-0.1, -0.05) is 35.5 Å². The van der Waals surface area contributed by atoms with Crippen LogP contribution in [0.5, 0.6) is 0 Å². The van der Waals surface area contributed by atoms with Crippen molar-refractivity contribution in [3.05, 3.63) is 97.3 Å². The fourth-order valence-electron chi connectivity index (χ4n) is 3.57. The van der Waals surface area contributed by atoms with E-state index < -0.39 is 22.9 Å². The molecule has 0 atom stereocenters. The fourth-order valence-corrected chi connectivity index (χ4v) is 3.57. The predicted molar refractivity (Wildman–Crippen MR) is 118 cm³/mol. The number of para-hydroxylation sites is 1. The van der Waals surface area contributed by atoms with E-state index in [1.165, 1.54) is 6.92 Å². The van der Waals surface area contributed by atoms with Crippen molar-refractivity contribution in [3.8, 4) is 17.1 Å². The molecule has 3 N–H and O–H groups in total. The van der Waals surface area contributed by atoms with E-state index in [0.29, 0.717) is 16.9 Å². The van der Waals surface area contributed by atoms with E-state index in [2.05, 4.69) is 25.0 Å². The SMILES string of the molecule is Cc1oc2[nH]c(=O)n(-c3ccccc3)c(=O)c2c1C(=O)Nc1cccc(-c2noc(=O)[nH]2)c1. The molecule has 3 heterocycles. The molecule has 2 aromatic carbocycles. The molecule has 0 aliphatic carbocycles. The first kappa shape index (κ1) is 20.0. The third-order valence-electron chi connectivity index (χ3n) is 5.00. The van der Waals surface area contributed by atoms with Gasteiger partial charge < -0.3 is 9.73 Å². The molecular weight excluding hydrogens is 430 g/mol. The summed E-state index contributed by atoms with van der Waals surface area (Å²) >= 11 is 0. The van der Waals surface area contributed by atoms with Gasteiger partial charge in [0.05, 0.1) is 11.3 Å². The third kappa shape index (κ3) is 3.47. The Morgan fingerprint density at radius 3 is 2.55 bits per heavy atom. The highest BCUT2D eigenvalue weighted by atomic mass is 16.5. The van der Waals surface area contributed by atoms with Crippen molar-refractivity contribution in [1.29, 1.82) is 0 Å². The number of fused-ring (bicyclic) bond motifs is 1. The summed E-state index contributed by atoms with van der Waals surface area (Å²) in [7, 11) is 0. The molecule has 0 spiro atoms. The van der Waals surface area contributed by atoms with Gasteiger partial charge in [-0.05, 0) is 31.2 Å². The molecule has 0 aliphatic rings. The Labute approximate surface area is 183 Å². The first-order chi connectivity index (χ1) is 15.9. The number of anilines is 1. The maximum atomic E-state index is 13.2. The van der Waals surface area contributed by atoms with Crippen molar-refractivity contribution < 1.29 is 13.7 Å². The van der Waals surface area contributed by atoms with Gasteiger partial charge in [0.1, 0.15) is 11.1 Å². The number of H-pyrrole nitrogens is 2. The Morgan fingerprint density at radius 2 is 1.82 bits per heavy atom. The highest BCUT2D eigenvalue weighted by molar-refractivity contribution is 6.12. The Morgan fingerprint density at radius 1 is 1.03 bits per heavy atom. The minimum absolute atomic E-state index is 0.00354. The van der Waals surface area contributed by atoms with Crippen molar-refractivity contribution in [2.45, 2.75) is 6.92 Å². The molecule has 11 nitrogen and oxygen atoms in total. The summed E-state index contributed by atoms with van der Waals surface area (Å²) in [5.41, 5.74) is -0.231. The summed E-state index contributed by atoms with van der Waals surface area (Å²) in [5.74, 6) is -0.952. The van der Waals surface area contributed by atoms with Gasteiger partial charge in [0.2, 0.25) is 5.71 Å². The number of hydrogen-bond acceptors (Lipinski definition) is 7. The van der Waals surface area contributed by atoms with Crippen LogP contribution in [-0.4, -0.2) is 25.6 Å². The van der Waals surface area contributed by atoms with E-state index in [9.17, 15) is 19.2 Å². The molecule has 0 saturated carbocycles. The molecule has 5 rings (SSSR count). The van der Waals surface area contributed by atoms with E-state index >= 15 is 0 Å². The summed E-state index contributed by atoms with van der Waals surface area (Å²) < 4.78 is 11.0. The van der Waals surface area contributed by atoms with Crippen LogP contribution in [0.3, 0.4) is 0 Å². The second-order valence-corrected chi connectivity index (χ2v) is 7.12. The van der Waals surface area contributed by atoms with Gasteiger partial charge in [-0.15, -0.1) is 0 Å². The maximum absolute atomic E-state index is 13.2. The van der Waals surface area contributed by atoms with E-state index in [1.807, 2.05) is 0 Å². The van der Waals surface area contributed by atoms with Crippen LogP contribution >= 0.6 is 0 Å². The number of aromatic amines is 2. The predicted octanol–water partition coefficient (Wildman–Crippen LogP) is 2.18. The number of aryl methyl sites for hydroxylation is 1. The van der Waals surface area contributed by atoms with Crippen LogP contribution in [0.1, 0.15) is 16.1 Å². The van der Waals surface area contributed by atoms with Gasteiger partial charge in [0, 0.05) is 11.3 Å². The molecule has 1 amide bonds. The molecule has 33 heavy (non-hydrogen) atoms. The van der Waals surface area contributed by atoms with E-state index in [4.69, 9.17) is 4.42 Å². The minimum atomic E-state index is -0.705. The molecule has 5 aromatic rings. The molecule has 164 valence electrons. The zero-order chi connectivity index (χ0) is 23.1. The second-order valence-electron chi connectivity index (χ2n) is 7.12. The van der Waals surface area contributed by atoms with Crippen LogP contribution in [0.2, 0.25) is 0 Å². The number of carbonyl (C=O) groups excluding carboxylic acids is 1. The van der Waals surface area contributed by atoms with Crippen LogP contribution in [0.25, 0.3) is 28.2 Å². The largest absolute Gasteiger partial charge is 0.444 e. The monoisotopic (exact) mass is 445 g/mol. The van der Waals surface area contributed by atoms with Gasteiger partial charge in [0.25, 0.3) is 11.5 Å². The summed E-state index contributed by atoms with van der Waals surface area (Å²) in [6.45, 7) is 1.52. The number of rotatable bonds is 4. The molecule has 0 fully saturated rings. The van der Waals surface area contributed by atoms with Gasteiger partial charge >= 0.3 is 11.4 Å². The van der Waals surface area contributed by atoms with Crippen molar-refractivity contribution in [1.82, 2.24) is 19.7 Å². The third-order valence-corrected chi connectivity index (χ3v) is 5.00. The van der Waals surface area contributed by atoms with Crippen LogP contribution in [0.4, 0.5) is 5.69 Å². The first-order valence-corrected chi connectivity index (χ1v) is 9.74. The van der Waals surface area contributed by atoms with Gasteiger partial charge in [-0.2, -0.15) is 0 Å². The highest BCUT2D eigenvalue weighted by Crippen LogP contribution is 2.24. The second kappa shape index (κ2) is 7.64. The summed E-state index contributed by atoms with van der Waals surface area (Å²) in [5, 5.41) is 6.28. The van der Waals surface area contributed by atoms with E-state index in [1.54, 1.807) is 54.6 Å². The molecule has 0 saturated heterocycles. The van der Waals surface area contributed by atoms with Crippen molar-refractivity contribution >= 4 is 22.7 Å². The first-order valence-electron chi connectivity index (χ1n) is 9.74. The number of nitrogens with one attached hydrogen (secondary N) is 3. The lowest BCUT2D eigenvalue weighted by Crippen LogP contribution is -2.34. The topological polar surface area (TPSA) is 156 Å². The lowest BCUT2D eigenvalue weighted by atomic mass is 10.1. The maximum Gasteiger partial charge on any atom is 0.439 e. The molecule has 11 heteroatoms. The van der Waals surface area contributed by atoms with Gasteiger partial charge in [-0.3, -0.25) is 24.1 Å². The quantitative estimate of drug-likeness (QED) is 0.383. The number of benzene rings is 2. The zero-order valence-electron chi connectivity index (χ0n) is 17.0. The van der Waals surface area contributed by atoms with Crippen molar-refractivity contribution in [3.63, 3.8) is 0 Å². The number of nitrogens with zero attached hydrogens (tertiary/aromatic N) is 2. The lowest BCUT2D eigenvalue weighted by Gasteiger charge is -2.07. The molecule has 0 bridgehead atoms. The number of aromatic nitrogens is 4. The normalized spacial score (nSPS) is 11.1. The Kier molecular flexibility index (Phi) is 4.63. The number of amides is 1. The van der Waals surface area contributed by atoms with Gasteiger partial charge in [-0.25, -0.2) is 14.2 Å². The average molecular weight is 445 g/mol. The van der Waals surface area contributed by atoms with Crippen LogP contribution in [0.15, 0.2) is 77.9 Å². The zero-order valence-corrected chi connectivity index (χ0v) is 17.0. The van der Waals surface area contributed by atoms with Crippen LogP contribution in [-0.2, 0) is 0 Å². The standard InChI is InChI=1S/C22H15N5O6/c1-11-15(18(28)23-13-7-5-6-12(10-13)17-24-22(31)33-26-17)16-19(32-11)25-21(30)27(20(16)29)14-8-3-2-4-9-14/h2-10H,1H3,(H,23,28)(H,25,30)(H,24,26,31). The fraction of sp³-hybridized carbons (Fsp3) is 0.0455. The number of carbonyl (C=O) groups is 1. The van der Waals surface area contributed by atoms with Gasteiger partial charge in [0.15, 0.2) is 5.82 Å². The lowest BCUT2D eigenvalue weighted by molar-refractivity contribution is 0.102. The van der Waals surface area contributed by atoms with Crippen LogP contribution in [0, 0.1) is 6.92 Å². The minimum Gasteiger partial charge on any atom is -0.444 e. The van der Waals surface area contributed by atoms with Crippen LogP contribution < -0.4 is 22.3 Å². The average Bonchev–Trinajstić information content (AvgIpc) is 3.37. The summed E-state index contributed by atoms with van der Waals surface area (Å²) in [6.07, 6.45) is 0. The Balaban J connectivity index is 1.58. The number of hydrogen-bond donors (Lipinski definition) is 3. The number of furan rings is 1. The van der Waals surface area contributed by atoms with E-state index in [0.717, 1.165) is 4.57 Å². The highest BCUT2D eigenvalue weighted by Gasteiger charge is 2.24. The van der Waals surface area contributed by atoms with Crippen molar-refractivity contribution in [2.24, 2.45) is 0 Å². The van der Waals surface area contributed by atoms with E-state index in [-0.39, 0.29) is 28.2 Å². The molecular formula is C22H15N5O6. The summed E-state index contributed by atoms with van der Waals surface area (Å²) in [6, 6.07) is 14.9. The Hall–Kier alpha value is -4.93. The van der Waals surface area contributed by atoms with Crippen molar-refractivity contribution in [2.75, 3.05) is 5.32 Å². The smallest absolute Gasteiger partial charge is 0.439 e. The summed E-state index contributed by atoms with van der Waals surface area (Å²) in [4.78, 5) is 55.1. The molecule has 0 unspecified atom stereocenters. The molecule has 3 aromatic heterocycles. The molecule has 0 aliphatic heterocycles.